The molecule has 2 aromatic carbocycles. The van der Waals surface area contributed by atoms with Gasteiger partial charge in [0.2, 0.25) is 9.84 Å². The van der Waals surface area contributed by atoms with Crippen molar-refractivity contribution in [2.45, 2.75) is 16.7 Å². The van der Waals surface area contributed by atoms with E-state index in [0.717, 1.165) is 0 Å². The molecule has 0 unspecified atom stereocenters. The maximum absolute atomic E-state index is 12.6. The second-order valence-corrected chi connectivity index (χ2v) is 7.09. The van der Waals surface area contributed by atoms with Crippen LogP contribution in [0.3, 0.4) is 0 Å². The highest BCUT2D eigenvalue weighted by Crippen LogP contribution is 2.25. The molecule has 6 nitrogen and oxygen atoms in total. The third-order valence-electron chi connectivity index (χ3n) is 3.30. The molecule has 0 atom stereocenters. The minimum Gasteiger partial charge on any atom is -0.490 e. The fourth-order valence-corrected chi connectivity index (χ4v) is 3.33. The number of hydrogen-bond acceptors (Lipinski definition) is 6. The Labute approximate surface area is 152 Å². The Morgan fingerprint density at radius 2 is 1.46 bits per heavy atom. The molecule has 0 N–H and O–H groups in total. The van der Waals surface area contributed by atoms with Crippen molar-refractivity contribution in [2.75, 3.05) is 19.8 Å². The van der Waals surface area contributed by atoms with Gasteiger partial charge in [0, 0.05) is 0 Å². The average molecular weight is 376 g/mol. The molecule has 0 amide bonds. The summed E-state index contributed by atoms with van der Waals surface area (Å²) in [7, 11) is -3.66. The van der Waals surface area contributed by atoms with Crippen LogP contribution < -0.4 is 9.47 Å². The summed E-state index contributed by atoms with van der Waals surface area (Å²) in [5.74, 6) is 0.458. The Balaban J connectivity index is 2.08. The molecule has 0 aromatic heterocycles. The smallest absolute Gasteiger partial charge is 0.344 e. The fourth-order valence-electron chi connectivity index (χ4n) is 2.07. The van der Waals surface area contributed by atoms with E-state index in [1.165, 1.54) is 36.4 Å². The van der Waals surface area contributed by atoms with E-state index in [9.17, 15) is 13.2 Å². The first-order valence-corrected chi connectivity index (χ1v) is 9.43. The summed E-state index contributed by atoms with van der Waals surface area (Å²) in [6.07, 6.45) is 1.61. The Morgan fingerprint density at radius 3 is 1.92 bits per heavy atom. The van der Waals surface area contributed by atoms with Crippen molar-refractivity contribution in [3.05, 3.63) is 61.2 Å². The van der Waals surface area contributed by atoms with E-state index in [-0.39, 0.29) is 23.0 Å². The molecule has 2 aromatic rings. The number of rotatable bonds is 9. The molecular formula is C19H20O6S. The SMILES string of the molecule is C=CCOc1ccc(S(=O)(=O)c2ccc(OCC(=O)OCC)cc2)cc1. The Kier molecular flexibility index (Phi) is 6.80. The van der Waals surface area contributed by atoms with Crippen molar-refractivity contribution in [2.24, 2.45) is 0 Å². The summed E-state index contributed by atoms with van der Waals surface area (Å²) < 4.78 is 40.7. The lowest BCUT2D eigenvalue weighted by molar-refractivity contribution is -0.145. The van der Waals surface area contributed by atoms with Gasteiger partial charge in [-0.25, -0.2) is 13.2 Å². The molecule has 0 aliphatic carbocycles. The van der Waals surface area contributed by atoms with Gasteiger partial charge in [-0.05, 0) is 55.5 Å². The highest BCUT2D eigenvalue weighted by atomic mass is 32.2. The van der Waals surface area contributed by atoms with Crippen LogP contribution >= 0.6 is 0 Å². The predicted octanol–water partition coefficient (Wildman–Crippen LogP) is 3.03. The molecule has 26 heavy (non-hydrogen) atoms. The van der Waals surface area contributed by atoms with E-state index >= 15 is 0 Å². The van der Waals surface area contributed by atoms with E-state index < -0.39 is 15.8 Å². The number of hydrogen-bond donors (Lipinski definition) is 0. The van der Waals surface area contributed by atoms with Gasteiger partial charge in [-0.1, -0.05) is 12.7 Å². The minimum absolute atomic E-state index is 0.126. The van der Waals surface area contributed by atoms with Crippen LogP contribution in [0.5, 0.6) is 11.5 Å². The molecule has 0 saturated carbocycles. The van der Waals surface area contributed by atoms with Gasteiger partial charge in [-0.2, -0.15) is 0 Å². The number of sulfone groups is 1. The molecule has 0 fully saturated rings. The summed E-state index contributed by atoms with van der Waals surface area (Å²) in [6.45, 7) is 5.65. The first kappa shape index (κ1) is 19.5. The quantitative estimate of drug-likeness (QED) is 0.494. The van der Waals surface area contributed by atoms with Crippen molar-refractivity contribution in [1.82, 2.24) is 0 Å². The Morgan fingerprint density at radius 1 is 0.962 bits per heavy atom. The average Bonchev–Trinajstić information content (AvgIpc) is 2.65. The molecule has 0 aliphatic heterocycles. The third-order valence-corrected chi connectivity index (χ3v) is 5.08. The largest absolute Gasteiger partial charge is 0.490 e. The lowest BCUT2D eigenvalue weighted by Crippen LogP contribution is -2.14. The number of benzene rings is 2. The van der Waals surface area contributed by atoms with Gasteiger partial charge in [-0.15, -0.1) is 0 Å². The summed E-state index contributed by atoms with van der Waals surface area (Å²) in [6, 6.07) is 12.0. The topological polar surface area (TPSA) is 78.9 Å². The molecule has 0 aliphatic rings. The predicted molar refractivity (Wildman–Crippen MR) is 96.2 cm³/mol. The summed E-state index contributed by atoms with van der Waals surface area (Å²) in [5.41, 5.74) is 0. The van der Waals surface area contributed by atoms with Crippen LogP contribution in [0.25, 0.3) is 0 Å². The zero-order valence-electron chi connectivity index (χ0n) is 14.4. The number of carbonyl (C=O) groups is 1. The zero-order valence-corrected chi connectivity index (χ0v) is 15.2. The van der Waals surface area contributed by atoms with Crippen molar-refractivity contribution >= 4 is 15.8 Å². The van der Waals surface area contributed by atoms with Crippen LogP contribution in [0.1, 0.15) is 6.92 Å². The molecule has 138 valence electrons. The van der Waals surface area contributed by atoms with Gasteiger partial charge >= 0.3 is 5.97 Å². The van der Waals surface area contributed by atoms with Crippen molar-refractivity contribution < 1.29 is 27.4 Å². The molecule has 0 heterocycles. The van der Waals surface area contributed by atoms with Gasteiger partial charge in [0.05, 0.1) is 16.4 Å². The standard InChI is InChI=1S/C19H20O6S/c1-3-13-24-15-5-9-17(10-6-15)26(21,22)18-11-7-16(8-12-18)25-14-19(20)23-4-2/h3,5-12H,1,4,13-14H2,2H3. The first-order chi connectivity index (χ1) is 12.5. The molecule has 0 radical (unpaired) electrons. The molecule has 0 spiro atoms. The lowest BCUT2D eigenvalue weighted by atomic mass is 10.3. The molecule has 0 bridgehead atoms. The van der Waals surface area contributed by atoms with Crippen LogP contribution in [0, 0.1) is 0 Å². The maximum atomic E-state index is 12.6. The van der Waals surface area contributed by atoms with E-state index in [1.54, 1.807) is 25.1 Å². The van der Waals surface area contributed by atoms with Gasteiger partial charge in [0.25, 0.3) is 0 Å². The monoisotopic (exact) mass is 376 g/mol. The van der Waals surface area contributed by atoms with E-state index in [4.69, 9.17) is 14.2 Å². The van der Waals surface area contributed by atoms with Crippen molar-refractivity contribution in [1.29, 1.82) is 0 Å². The number of carbonyl (C=O) groups excluding carboxylic acids is 1. The third kappa shape index (κ3) is 5.10. The van der Waals surface area contributed by atoms with Crippen LogP contribution in [-0.4, -0.2) is 34.2 Å². The first-order valence-electron chi connectivity index (χ1n) is 7.94. The van der Waals surface area contributed by atoms with E-state index in [2.05, 4.69) is 6.58 Å². The van der Waals surface area contributed by atoms with Crippen LogP contribution in [-0.2, 0) is 19.4 Å². The van der Waals surface area contributed by atoms with E-state index in [1.807, 2.05) is 0 Å². The summed E-state index contributed by atoms with van der Waals surface area (Å²) >= 11 is 0. The maximum Gasteiger partial charge on any atom is 0.344 e. The minimum atomic E-state index is -3.66. The van der Waals surface area contributed by atoms with Crippen molar-refractivity contribution in [3.8, 4) is 11.5 Å². The van der Waals surface area contributed by atoms with Gasteiger partial charge in [0.1, 0.15) is 18.1 Å². The molecular weight excluding hydrogens is 356 g/mol. The fraction of sp³-hybridized carbons (Fsp3) is 0.211. The zero-order chi connectivity index (χ0) is 19.0. The number of esters is 1. The van der Waals surface area contributed by atoms with Crippen LogP contribution in [0.4, 0.5) is 0 Å². The lowest BCUT2D eigenvalue weighted by Gasteiger charge is -2.09. The molecule has 7 heteroatoms. The van der Waals surface area contributed by atoms with Gasteiger partial charge in [0.15, 0.2) is 6.61 Å². The highest BCUT2D eigenvalue weighted by molar-refractivity contribution is 7.91. The van der Waals surface area contributed by atoms with Gasteiger partial charge in [-0.3, -0.25) is 0 Å². The summed E-state index contributed by atoms with van der Waals surface area (Å²) in [4.78, 5) is 11.5. The van der Waals surface area contributed by atoms with Crippen molar-refractivity contribution in [3.63, 3.8) is 0 Å². The second-order valence-electron chi connectivity index (χ2n) is 5.14. The molecule has 2 rings (SSSR count). The van der Waals surface area contributed by atoms with E-state index in [0.29, 0.717) is 18.1 Å². The Hall–Kier alpha value is -2.80. The van der Waals surface area contributed by atoms with Crippen LogP contribution in [0.15, 0.2) is 71.0 Å². The second kappa shape index (κ2) is 9.05. The van der Waals surface area contributed by atoms with Crippen LogP contribution in [0.2, 0.25) is 0 Å². The Bertz CT molecular complexity index is 839. The molecule has 0 saturated heterocycles. The number of ether oxygens (including phenoxy) is 3. The summed E-state index contributed by atoms with van der Waals surface area (Å²) in [5, 5.41) is 0. The normalized spacial score (nSPS) is 10.8. The highest BCUT2D eigenvalue weighted by Gasteiger charge is 2.17. The van der Waals surface area contributed by atoms with Gasteiger partial charge < -0.3 is 14.2 Å².